The van der Waals surface area contributed by atoms with Gasteiger partial charge in [-0.1, -0.05) is 62.8 Å². The van der Waals surface area contributed by atoms with Gasteiger partial charge in [-0.25, -0.2) is 0 Å². The van der Waals surface area contributed by atoms with Gasteiger partial charge in [0, 0.05) is 34.8 Å². The molecule has 0 amide bonds. The second kappa shape index (κ2) is 14.1. The molecule has 4 aliphatic rings. The van der Waals surface area contributed by atoms with Crippen molar-refractivity contribution in [2.75, 3.05) is 0 Å². The Kier molecular flexibility index (Phi) is 10.5. The highest BCUT2D eigenvalue weighted by atomic mass is 16.5. The molecule has 2 aromatic carbocycles. The van der Waals surface area contributed by atoms with Crippen LogP contribution >= 0.6 is 0 Å². The van der Waals surface area contributed by atoms with E-state index in [0.29, 0.717) is 29.3 Å². The van der Waals surface area contributed by atoms with Crippen molar-refractivity contribution < 1.29 is 19.7 Å². The number of fused-ring (bicyclic) bond motifs is 6. The minimum atomic E-state index is -0.177. The van der Waals surface area contributed by atoms with Gasteiger partial charge in [-0.2, -0.15) is 0 Å². The van der Waals surface area contributed by atoms with Gasteiger partial charge in [-0.3, -0.25) is 0 Å². The van der Waals surface area contributed by atoms with E-state index in [1.165, 1.54) is 60.8 Å². The van der Waals surface area contributed by atoms with Crippen molar-refractivity contribution in [1.29, 1.82) is 0 Å². The van der Waals surface area contributed by atoms with Crippen LogP contribution in [0, 0.1) is 11.8 Å². The molecule has 4 atom stereocenters. The third-order valence-electron chi connectivity index (χ3n) is 11.2. The Morgan fingerprint density at radius 2 is 1.26 bits per heavy atom. The van der Waals surface area contributed by atoms with Gasteiger partial charge in [0.25, 0.3) is 0 Å². The Morgan fingerprint density at radius 1 is 0.717 bits per heavy atom. The number of benzene rings is 2. The summed E-state index contributed by atoms with van der Waals surface area (Å²) in [6.07, 6.45) is 18.3. The Bertz CT molecular complexity index is 1440. The van der Waals surface area contributed by atoms with Crippen molar-refractivity contribution in [3.8, 4) is 23.0 Å². The van der Waals surface area contributed by atoms with Gasteiger partial charge in [0.1, 0.15) is 34.2 Å². The van der Waals surface area contributed by atoms with Crippen LogP contribution in [0.15, 0.2) is 47.6 Å². The van der Waals surface area contributed by atoms with E-state index < -0.39 is 0 Å². The third-order valence-corrected chi connectivity index (χ3v) is 11.2. The summed E-state index contributed by atoms with van der Waals surface area (Å²) in [7, 11) is 0. The summed E-state index contributed by atoms with van der Waals surface area (Å²) < 4.78 is 12.7. The molecule has 0 fully saturated rings. The first-order valence-corrected chi connectivity index (χ1v) is 18.3. The molecular weight excluding hydrogens is 568 g/mol. The molecule has 2 aliphatic carbocycles. The lowest BCUT2D eigenvalue weighted by atomic mass is 9.67. The molecule has 6 rings (SSSR count). The summed E-state index contributed by atoms with van der Waals surface area (Å²) in [5.41, 5.74) is 6.95. The number of aromatic hydroxyl groups is 2. The summed E-state index contributed by atoms with van der Waals surface area (Å²) in [5.74, 6) is 4.22. The number of aryl methyl sites for hydroxylation is 2. The lowest BCUT2D eigenvalue weighted by Gasteiger charge is -2.47. The Balaban J connectivity index is 0.000000181. The van der Waals surface area contributed by atoms with Crippen LogP contribution in [0.25, 0.3) is 0 Å². The average molecular weight is 629 g/mol. The van der Waals surface area contributed by atoms with E-state index >= 15 is 0 Å². The molecule has 46 heavy (non-hydrogen) atoms. The Labute approximate surface area is 279 Å². The molecule has 0 bridgehead atoms. The molecule has 0 radical (unpaired) electrons. The highest BCUT2D eigenvalue weighted by Gasteiger charge is 2.46. The second-order valence-electron chi connectivity index (χ2n) is 15.8. The molecule has 4 nitrogen and oxygen atoms in total. The van der Waals surface area contributed by atoms with E-state index in [9.17, 15) is 10.2 Å². The van der Waals surface area contributed by atoms with E-state index in [4.69, 9.17) is 9.47 Å². The van der Waals surface area contributed by atoms with Gasteiger partial charge in [0.15, 0.2) is 0 Å². The van der Waals surface area contributed by atoms with Crippen LogP contribution in [0.5, 0.6) is 23.0 Å². The van der Waals surface area contributed by atoms with Gasteiger partial charge >= 0.3 is 0 Å². The van der Waals surface area contributed by atoms with E-state index in [-0.39, 0.29) is 17.1 Å². The summed E-state index contributed by atoms with van der Waals surface area (Å²) in [6.45, 7) is 17.6. The topological polar surface area (TPSA) is 58.9 Å². The smallest absolute Gasteiger partial charge is 0.127 e. The van der Waals surface area contributed by atoms with Crippen LogP contribution in [0.2, 0.25) is 0 Å². The van der Waals surface area contributed by atoms with Crippen molar-refractivity contribution in [3.63, 3.8) is 0 Å². The van der Waals surface area contributed by atoms with Gasteiger partial charge in [-0.15, -0.1) is 0 Å². The number of unbranched alkanes of at least 4 members (excludes halogenated alkanes) is 4. The number of phenolic OH excluding ortho intramolecular Hbond substituents is 2. The highest BCUT2D eigenvalue weighted by Crippen LogP contribution is 2.55. The zero-order valence-corrected chi connectivity index (χ0v) is 30.0. The first-order chi connectivity index (χ1) is 21.8. The van der Waals surface area contributed by atoms with Crippen LogP contribution in [0.1, 0.15) is 154 Å². The number of allylic oxidation sites excluding steroid dienone is 4. The molecule has 0 saturated carbocycles. The Morgan fingerprint density at radius 3 is 1.85 bits per heavy atom. The predicted molar refractivity (Wildman–Crippen MR) is 191 cm³/mol. The number of ether oxygens (including phenoxy) is 2. The van der Waals surface area contributed by atoms with Crippen molar-refractivity contribution in [1.82, 2.24) is 0 Å². The van der Waals surface area contributed by atoms with E-state index in [1.807, 2.05) is 12.1 Å². The number of rotatable bonds is 8. The normalized spacial score (nSPS) is 25.1. The molecule has 2 N–H and O–H groups in total. The maximum absolute atomic E-state index is 10.7. The van der Waals surface area contributed by atoms with Crippen LogP contribution in [-0.2, 0) is 12.8 Å². The molecule has 2 aromatic rings. The van der Waals surface area contributed by atoms with Crippen LogP contribution in [0.4, 0.5) is 0 Å². The largest absolute Gasteiger partial charge is 0.508 e. The summed E-state index contributed by atoms with van der Waals surface area (Å²) >= 11 is 0. The maximum Gasteiger partial charge on any atom is 0.127 e. The van der Waals surface area contributed by atoms with Gasteiger partial charge in [-0.05, 0) is 128 Å². The van der Waals surface area contributed by atoms with Crippen molar-refractivity contribution >= 4 is 0 Å². The minimum absolute atomic E-state index is 0.177. The van der Waals surface area contributed by atoms with Crippen molar-refractivity contribution in [2.24, 2.45) is 11.8 Å². The van der Waals surface area contributed by atoms with E-state index in [2.05, 4.69) is 79.7 Å². The molecule has 2 aliphatic heterocycles. The lowest BCUT2D eigenvalue weighted by molar-refractivity contribution is 0.00749. The maximum atomic E-state index is 10.7. The molecule has 0 unspecified atom stereocenters. The standard InChI is InChI=1S/2C21H30O2/c2*1-5-6-7-8-15-12-18(22)20-16-11-14(2)9-10-17(16)21(3,4)23-19(20)13-15/h11-13,16-17,22H,5-10H2,1-4H3;9,12-13,16-17,22H,5-8,10-11H2,1-4H3/t2*16-,17-/m11/s1. The molecule has 252 valence electrons. The molecule has 0 spiro atoms. The monoisotopic (exact) mass is 628 g/mol. The van der Waals surface area contributed by atoms with Crippen LogP contribution < -0.4 is 9.47 Å². The number of hydrogen-bond acceptors (Lipinski definition) is 4. The average Bonchev–Trinajstić information content (AvgIpc) is 2.96. The fourth-order valence-electron chi connectivity index (χ4n) is 8.65. The number of hydrogen-bond donors (Lipinski definition) is 2. The van der Waals surface area contributed by atoms with Gasteiger partial charge < -0.3 is 19.7 Å². The quantitative estimate of drug-likeness (QED) is 0.226. The second-order valence-corrected chi connectivity index (χ2v) is 15.8. The third kappa shape index (κ3) is 7.32. The molecule has 0 aromatic heterocycles. The van der Waals surface area contributed by atoms with E-state index in [1.54, 1.807) is 0 Å². The first-order valence-electron chi connectivity index (χ1n) is 18.3. The number of phenols is 2. The zero-order chi connectivity index (χ0) is 33.2. The van der Waals surface area contributed by atoms with Crippen LogP contribution in [0.3, 0.4) is 0 Å². The highest BCUT2D eigenvalue weighted by molar-refractivity contribution is 5.54. The van der Waals surface area contributed by atoms with Crippen molar-refractivity contribution in [2.45, 2.75) is 155 Å². The lowest BCUT2D eigenvalue weighted by Crippen LogP contribution is -2.45. The fraction of sp³-hybridized carbons (Fsp3) is 0.619. The van der Waals surface area contributed by atoms with Gasteiger partial charge in [0.2, 0.25) is 0 Å². The molecule has 2 heterocycles. The van der Waals surface area contributed by atoms with E-state index in [0.717, 1.165) is 61.2 Å². The minimum Gasteiger partial charge on any atom is -0.508 e. The van der Waals surface area contributed by atoms with Gasteiger partial charge in [0.05, 0.1) is 0 Å². The summed E-state index contributed by atoms with van der Waals surface area (Å²) in [5, 5.41) is 21.4. The Hall–Kier alpha value is -2.88. The molecule has 4 heteroatoms. The molecule has 0 saturated heterocycles. The molecular formula is C42H60O4. The van der Waals surface area contributed by atoms with Crippen molar-refractivity contribution in [3.05, 3.63) is 69.8 Å². The zero-order valence-electron chi connectivity index (χ0n) is 30.0. The summed E-state index contributed by atoms with van der Waals surface area (Å²) in [6, 6.07) is 8.28. The van der Waals surface area contributed by atoms with Crippen LogP contribution in [-0.4, -0.2) is 21.4 Å². The fourth-order valence-corrected chi connectivity index (χ4v) is 8.65. The SMILES string of the molecule is CCCCCc1cc(O)c2c(c1)OC(C)(C)[C@@H]1CC=C(C)C[C@@H]21.CCCCCc1cc(O)c2c(c1)OC(C)(C)[C@@H]1CCC(C)=C[C@@H]21. The summed E-state index contributed by atoms with van der Waals surface area (Å²) in [4.78, 5) is 0. The predicted octanol–water partition coefficient (Wildman–Crippen LogP) is 11.5. The first kappa shape index (κ1) is 34.5.